The molecule has 0 spiro atoms. The van der Waals surface area contributed by atoms with Crippen LogP contribution in [0, 0.1) is 0 Å². The van der Waals surface area contributed by atoms with E-state index in [2.05, 4.69) is 407 Å². The van der Waals surface area contributed by atoms with Gasteiger partial charge in [-0.05, 0) is 164 Å². The standard InChI is InChI=1S/2C48H32N2/c1-4-13-33(14-5-1)36-23-26-39(27-24-36)49-44-29-30-45-47(48(44)42-28-25-38(32-46(42)49)35-17-8-3-9-18-35)41-21-10-11-22-43(41)50(45)40-20-12-19-37(31-40)34-15-6-2-7-16-34;1-4-13-33(14-5-1)36-23-26-39(27-24-36)49-43-22-11-10-21-41(43)47-44(49)29-30-45-48(47)42-28-25-38(35-17-8-3-9-18-35)32-46(42)50(45)40-20-12-19-37(31-40)34-15-6-2-7-16-34/h2*1-32H. The summed E-state index contributed by atoms with van der Waals surface area (Å²) in [5, 5.41) is 10.1. The Morgan fingerprint density at radius 2 is 0.350 bits per heavy atom. The predicted molar refractivity (Wildman–Crippen MR) is 423 cm³/mol. The molecular weight excluding hydrogens is 1210 g/mol. The number of nitrogens with zero attached hydrogens (tertiary/aromatic N) is 4. The molecule has 468 valence electrons. The fourth-order valence-electron chi connectivity index (χ4n) is 15.6. The first kappa shape index (κ1) is 58.1. The number of benzene rings is 16. The second-order valence-corrected chi connectivity index (χ2v) is 25.9. The van der Waals surface area contributed by atoms with Gasteiger partial charge in [-0.1, -0.05) is 291 Å². The predicted octanol–water partition coefficient (Wildman–Crippen LogP) is 25.8. The monoisotopic (exact) mass is 1270 g/mol. The maximum Gasteiger partial charge on any atom is 0.0548 e. The zero-order chi connectivity index (χ0) is 66.0. The van der Waals surface area contributed by atoms with E-state index in [1.54, 1.807) is 0 Å². The van der Waals surface area contributed by atoms with E-state index >= 15 is 0 Å². The molecule has 0 radical (unpaired) electrons. The first-order chi connectivity index (χ1) is 49.6. The molecule has 4 heterocycles. The molecule has 0 aliphatic heterocycles. The highest BCUT2D eigenvalue weighted by Crippen LogP contribution is 2.46. The molecule has 4 aromatic heterocycles. The highest BCUT2D eigenvalue weighted by molar-refractivity contribution is 6.30. The van der Waals surface area contributed by atoms with Crippen LogP contribution in [0.25, 0.3) is 177 Å². The summed E-state index contributed by atoms with van der Waals surface area (Å²) in [5.41, 5.74) is 28.8. The van der Waals surface area contributed by atoms with Gasteiger partial charge in [0.2, 0.25) is 0 Å². The van der Waals surface area contributed by atoms with E-state index in [0.29, 0.717) is 0 Å². The van der Waals surface area contributed by atoms with Crippen molar-refractivity contribution in [1.29, 1.82) is 0 Å². The lowest BCUT2D eigenvalue weighted by molar-refractivity contribution is 1.17. The fourth-order valence-corrected chi connectivity index (χ4v) is 15.6. The molecule has 0 fully saturated rings. The second kappa shape index (κ2) is 24.4. The van der Waals surface area contributed by atoms with Crippen LogP contribution in [0.3, 0.4) is 0 Å². The number of fused-ring (bicyclic) bond motifs is 14. The number of hydrogen-bond donors (Lipinski definition) is 0. The van der Waals surface area contributed by atoms with Gasteiger partial charge in [0.1, 0.15) is 0 Å². The van der Waals surface area contributed by atoms with Gasteiger partial charge in [-0.25, -0.2) is 0 Å². The van der Waals surface area contributed by atoms with Crippen LogP contribution in [0.5, 0.6) is 0 Å². The molecule has 0 bridgehead atoms. The first-order valence-electron chi connectivity index (χ1n) is 34.4. The van der Waals surface area contributed by atoms with Gasteiger partial charge >= 0.3 is 0 Å². The minimum atomic E-state index is 1.15. The van der Waals surface area contributed by atoms with Crippen molar-refractivity contribution in [2.45, 2.75) is 0 Å². The quantitative estimate of drug-likeness (QED) is 0.130. The highest BCUT2D eigenvalue weighted by atomic mass is 15.0. The average Bonchev–Trinajstić information content (AvgIpc) is 1.55. The minimum absolute atomic E-state index is 1.15. The molecule has 16 aromatic carbocycles. The summed E-state index contributed by atoms with van der Waals surface area (Å²) in [7, 11) is 0. The summed E-state index contributed by atoms with van der Waals surface area (Å²) in [6, 6.07) is 141. The van der Waals surface area contributed by atoms with Crippen LogP contribution in [0.15, 0.2) is 388 Å². The van der Waals surface area contributed by atoms with Crippen molar-refractivity contribution >= 4 is 87.2 Å². The topological polar surface area (TPSA) is 19.7 Å². The van der Waals surface area contributed by atoms with Crippen molar-refractivity contribution in [3.8, 4) is 89.5 Å². The van der Waals surface area contributed by atoms with Crippen LogP contribution in [0.4, 0.5) is 0 Å². The van der Waals surface area contributed by atoms with Gasteiger partial charge < -0.3 is 18.3 Å². The smallest absolute Gasteiger partial charge is 0.0548 e. The summed E-state index contributed by atoms with van der Waals surface area (Å²) >= 11 is 0. The Morgan fingerprint density at radius 3 is 0.690 bits per heavy atom. The Bertz CT molecular complexity index is 6440. The van der Waals surface area contributed by atoms with Gasteiger partial charge in [0, 0.05) is 65.8 Å². The molecule has 100 heavy (non-hydrogen) atoms. The summed E-state index contributed by atoms with van der Waals surface area (Å²) in [6.45, 7) is 0. The van der Waals surface area contributed by atoms with Crippen LogP contribution in [-0.2, 0) is 0 Å². The largest absolute Gasteiger partial charge is 0.309 e. The van der Waals surface area contributed by atoms with Gasteiger partial charge in [0.05, 0.1) is 44.1 Å². The van der Waals surface area contributed by atoms with E-state index in [1.165, 1.54) is 154 Å². The van der Waals surface area contributed by atoms with Crippen molar-refractivity contribution in [3.63, 3.8) is 0 Å². The molecule has 0 saturated carbocycles. The Morgan fingerprint density at radius 1 is 0.120 bits per heavy atom. The summed E-state index contributed by atoms with van der Waals surface area (Å²) in [5.74, 6) is 0. The SMILES string of the molecule is c1ccc(-c2ccc(-n3c4cc(-c5ccccc5)ccc4c4c5c6ccccc6n(-c6cccc(-c7ccccc7)c6)c5ccc43)cc2)cc1.c1ccc(-c2ccc(-n3c4ccccc4c4c5c6ccc(-c7ccccc7)cc6n(-c6cccc(-c7ccccc7)c6)c5ccc43)cc2)cc1. The molecule has 0 amide bonds. The van der Waals surface area contributed by atoms with Crippen LogP contribution in [-0.4, -0.2) is 18.3 Å². The molecule has 0 N–H and O–H groups in total. The Balaban J connectivity index is 0.000000139. The van der Waals surface area contributed by atoms with E-state index in [4.69, 9.17) is 0 Å². The third kappa shape index (κ3) is 9.92. The molecule has 4 nitrogen and oxygen atoms in total. The minimum Gasteiger partial charge on any atom is -0.309 e. The summed E-state index contributed by atoms with van der Waals surface area (Å²) in [4.78, 5) is 0. The van der Waals surface area contributed by atoms with Crippen molar-refractivity contribution in [2.75, 3.05) is 0 Å². The molecule has 0 aliphatic rings. The van der Waals surface area contributed by atoms with Gasteiger partial charge in [0.15, 0.2) is 0 Å². The van der Waals surface area contributed by atoms with E-state index in [1.807, 2.05) is 0 Å². The molecule has 0 saturated heterocycles. The maximum absolute atomic E-state index is 2.46. The van der Waals surface area contributed by atoms with Crippen molar-refractivity contribution in [2.24, 2.45) is 0 Å². The van der Waals surface area contributed by atoms with Gasteiger partial charge in [0.25, 0.3) is 0 Å². The van der Waals surface area contributed by atoms with Crippen LogP contribution < -0.4 is 0 Å². The van der Waals surface area contributed by atoms with Gasteiger partial charge in [-0.15, -0.1) is 0 Å². The number of aromatic nitrogens is 4. The lowest BCUT2D eigenvalue weighted by Crippen LogP contribution is -1.95. The number of hydrogen-bond acceptors (Lipinski definition) is 0. The van der Waals surface area contributed by atoms with E-state index in [0.717, 1.165) is 22.7 Å². The first-order valence-corrected chi connectivity index (χ1v) is 34.4. The molecule has 20 aromatic rings. The average molecular weight is 1270 g/mol. The maximum atomic E-state index is 2.46. The fraction of sp³-hybridized carbons (Fsp3) is 0. The van der Waals surface area contributed by atoms with Crippen LogP contribution >= 0.6 is 0 Å². The normalized spacial score (nSPS) is 11.6. The van der Waals surface area contributed by atoms with E-state index < -0.39 is 0 Å². The van der Waals surface area contributed by atoms with Gasteiger partial charge in [-0.2, -0.15) is 0 Å². The third-order valence-corrected chi connectivity index (χ3v) is 20.2. The highest BCUT2D eigenvalue weighted by Gasteiger charge is 2.24. The van der Waals surface area contributed by atoms with Gasteiger partial charge in [-0.3, -0.25) is 0 Å². The Hall–Kier alpha value is -13.3. The number of rotatable bonds is 10. The van der Waals surface area contributed by atoms with Crippen molar-refractivity contribution < 1.29 is 0 Å². The summed E-state index contributed by atoms with van der Waals surface area (Å²) in [6.07, 6.45) is 0. The summed E-state index contributed by atoms with van der Waals surface area (Å²) < 4.78 is 9.78. The molecule has 20 rings (SSSR count). The van der Waals surface area contributed by atoms with E-state index in [9.17, 15) is 0 Å². The molecule has 0 atom stereocenters. The molecule has 0 unspecified atom stereocenters. The molecule has 0 aliphatic carbocycles. The number of para-hydroxylation sites is 2. The zero-order valence-electron chi connectivity index (χ0n) is 54.7. The van der Waals surface area contributed by atoms with E-state index in [-0.39, 0.29) is 0 Å². The second-order valence-electron chi connectivity index (χ2n) is 25.9. The van der Waals surface area contributed by atoms with Crippen molar-refractivity contribution in [3.05, 3.63) is 388 Å². The Kier molecular flexibility index (Phi) is 14.2. The molecule has 4 heteroatoms. The third-order valence-electron chi connectivity index (χ3n) is 20.2. The van der Waals surface area contributed by atoms with Crippen molar-refractivity contribution in [1.82, 2.24) is 18.3 Å². The lowest BCUT2D eigenvalue weighted by atomic mass is 10.0. The lowest BCUT2D eigenvalue weighted by Gasteiger charge is -2.12. The van der Waals surface area contributed by atoms with Crippen LogP contribution in [0.1, 0.15) is 0 Å². The van der Waals surface area contributed by atoms with Crippen LogP contribution in [0.2, 0.25) is 0 Å². The Labute approximate surface area is 579 Å². The molecular formula is C96H64N4. The zero-order valence-corrected chi connectivity index (χ0v) is 54.7.